The lowest BCUT2D eigenvalue weighted by Crippen LogP contribution is -2.13. The van der Waals surface area contributed by atoms with Gasteiger partial charge in [-0.1, -0.05) is 42.5 Å². The van der Waals surface area contributed by atoms with E-state index >= 15 is 0 Å². The molecule has 6 heteroatoms. The van der Waals surface area contributed by atoms with Crippen LogP contribution in [0.5, 0.6) is 0 Å². The number of anilines is 1. The van der Waals surface area contributed by atoms with Gasteiger partial charge < -0.3 is 5.32 Å². The maximum atomic E-state index is 13.8. The van der Waals surface area contributed by atoms with Gasteiger partial charge in [-0.25, -0.2) is 13.8 Å². The molecule has 0 saturated carbocycles. The lowest BCUT2D eigenvalue weighted by atomic mass is 10.1. The van der Waals surface area contributed by atoms with Crippen LogP contribution in [-0.2, 0) is 0 Å². The van der Waals surface area contributed by atoms with Crippen molar-refractivity contribution in [1.82, 2.24) is 4.98 Å². The average Bonchev–Trinajstić information content (AvgIpc) is 3.19. The van der Waals surface area contributed by atoms with Crippen LogP contribution in [0.2, 0.25) is 0 Å². The average molecular weight is 392 g/mol. The predicted octanol–water partition coefficient (Wildman–Crippen LogP) is 6.01. The molecule has 0 saturated heterocycles. The van der Waals surface area contributed by atoms with Crippen LogP contribution in [0.25, 0.3) is 21.8 Å². The molecule has 1 amide bonds. The molecular weight excluding hydrogens is 378 g/mol. The van der Waals surface area contributed by atoms with Gasteiger partial charge >= 0.3 is 0 Å². The summed E-state index contributed by atoms with van der Waals surface area (Å²) >= 11 is 1.53. The van der Waals surface area contributed by atoms with Gasteiger partial charge in [0, 0.05) is 28.3 Å². The van der Waals surface area contributed by atoms with Crippen LogP contribution < -0.4 is 5.32 Å². The number of thiazole rings is 1. The number of hydrogen-bond donors (Lipinski definition) is 1. The second kappa shape index (κ2) is 7.70. The van der Waals surface area contributed by atoms with Crippen LogP contribution in [0.4, 0.5) is 14.5 Å². The number of aromatic nitrogens is 1. The molecule has 28 heavy (non-hydrogen) atoms. The van der Waals surface area contributed by atoms with Crippen molar-refractivity contribution in [3.63, 3.8) is 0 Å². The Morgan fingerprint density at radius 1 is 0.893 bits per heavy atom. The SMILES string of the molecule is O=C(Nc1cccc(-c2csc(-c3ccccc3)n2)c1)c1ccc(F)cc1F. The minimum Gasteiger partial charge on any atom is -0.322 e. The smallest absolute Gasteiger partial charge is 0.258 e. The molecule has 0 aliphatic carbocycles. The zero-order valence-electron chi connectivity index (χ0n) is 14.5. The van der Waals surface area contributed by atoms with E-state index in [9.17, 15) is 13.6 Å². The molecule has 4 aromatic rings. The molecule has 0 unspecified atom stereocenters. The van der Waals surface area contributed by atoms with Crippen LogP contribution >= 0.6 is 11.3 Å². The molecule has 138 valence electrons. The quantitative estimate of drug-likeness (QED) is 0.462. The highest BCUT2D eigenvalue weighted by molar-refractivity contribution is 7.13. The Balaban J connectivity index is 1.57. The van der Waals surface area contributed by atoms with Gasteiger partial charge in [0.05, 0.1) is 11.3 Å². The number of rotatable bonds is 4. The van der Waals surface area contributed by atoms with Gasteiger partial charge in [-0.15, -0.1) is 11.3 Å². The van der Waals surface area contributed by atoms with E-state index in [1.807, 2.05) is 41.8 Å². The molecule has 1 N–H and O–H groups in total. The molecule has 0 radical (unpaired) electrons. The first-order valence-electron chi connectivity index (χ1n) is 8.48. The fraction of sp³-hybridized carbons (Fsp3) is 0. The molecule has 0 bridgehead atoms. The van der Waals surface area contributed by atoms with E-state index in [0.29, 0.717) is 11.8 Å². The Hall–Kier alpha value is -3.38. The second-order valence-electron chi connectivity index (χ2n) is 6.06. The summed E-state index contributed by atoms with van der Waals surface area (Å²) in [6, 6.07) is 19.9. The van der Waals surface area contributed by atoms with Crippen molar-refractivity contribution in [3.8, 4) is 21.8 Å². The highest BCUT2D eigenvalue weighted by Gasteiger charge is 2.13. The fourth-order valence-corrected chi connectivity index (χ4v) is 3.58. The first kappa shape index (κ1) is 18.0. The molecule has 3 aromatic carbocycles. The molecule has 0 spiro atoms. The van der Waals surface area contributed by atoms with Crippen molar-refractivity contribution in [2.45, 2.75) is 0 Å². The Morgan fingerprint density at radius 2 is 1.68 bits per heavy atom. The third-order valence-corrected chi connectivity index (χ3v) is 5.01. The number of hydrogen-bond acceptors (Lipinski definition) is 3. The van der Waals surface area contributed by atoms with Crippen LogP contribution in [0, 0.1) is 11.6 Å². The first-order valence-corrected chi connectivity index (χ1v) is 9.36. The Morgan fingerprint density at radius 3 is 2.46 bits per heavy atom. The summed E-state index contributed by atoms with van der Waals surface area (Å²) in [5, 5.41) is 5.49. The zero-order valence-corrected chi connectivity index (χ0v) is 15.3. The summed E-state index contributed by atoms with van der Waals surface area (Å²) in [5.41, 5.74) is 2.94. The topological polar surface area (TPSA) is 42.0 Å². The van der Waals surface area contributed by atoms with Gasteiger partial charge in [0.2, 0.25) is 0 Å². The summed E-state index contributed by atoms with van der Waals surface area (Å²) < 4.78 is 26.8. The minimum atomic E-state index is -0.902. The van der Waals surface area contributed by atoms with E-state index in [4.69, 9.17) is 0 Å². The van der Waals surface area contributed by atoms with Gasteiger partial charge in [-0.05, 0) is 24.3 Å². The molecule has 0 aliphatic rings. The molecule has 0 atom stereocenters. The van der Waals surface area contributed by atoms with Crippen LogP contribution in [0.1, 0.15) is 10.4 Å². The lowest BCUT2D eigenvalue weighted by Gasteiger charge is -2.07. The standard InChI is InChI=1S/C22H14F2N2OS/c23-16-9-10-18(19(24)12-16)21(27)25-17-8-4-7-15(11-17)20-13-28-22(26-20)14-5-2-1-3-6-14/h1-13H,(H,25,27). The number of carbonyl (C=O) groups is 1. The maximum absolute atomic E-state index is 13.8. The van der Waals surface area contributed by atoms with E-state index in [1.54, 1.807) is 18.2 Å². The van der Waals surface area contributed by atoms with Gasteiger partial charge in [0.15, 0.2) is 0 Å². The number of amides is 1. The minimum absolute atomic E-state index is 0.216. The highest BCUT2D eigenvalue weighted by Crippen LogP contribution is 2.30. The van der Waals surface area contributed by atoms with E-state index in [-0.39, 0.29) is 5.56 Å². The Bertz CT molecular complexity index is 1140. The Labute approximate surface area is 164 Å². The summed E-state index contributed by atoms with van der Waals surface area (Å²) in [6.45, 7) is 0. The number of carbonyl (C=O) groups excluding carboxylic acids is 1. The third-order valence-electron chi connectivity index (χ3n) is 4.12. The molecule has 1 heterocycles. The van der Waals surface area contributed by atoms with E-state index < -0.39 is 17.5 Å². The van der Waals surface area contributed by atoms with E-state index in [2.05, 4.69) is 10.3 Å². The van der Waals surface area contributed by atoms with Gasteiger partial charge in [0.1, 0.15) is 16.6 Å². The van der Waals surface area contributed by atoms with Crippen LogP contribution in [0.3, 0.4) is 0 Å². The number of nitrogens with zero attached hydrogens (tertiary/aromatic N) is 1. The monoisotopic (exact) mass is 392 g/mol. The number of halogens is 2. The van der Waals surface area contributed by atoms with Gasteiger partial charge in [-0.2, -0.15) is 0 Å². The second-order valence-corrected chi connectivity index (χ2v) is 6.92. The zero-order chi connectivity index (χ0) is 19.5. The predicted molar refractivity (Wildman–Crippen MR) is 107 cm³/mol. The van der Waals surface area contributed by atoms with E-state index in [0.717, 1.165) is 34.0 Å². The Kier molecular flexibility index (Phi) is 4.95. The van der Waals surface area contributed by atoms with E-state index in [1.165, 1.54) is 11.3 Å². The number of nitrogens with one attached hydrogen (secondary N) is 1. The molecule has 0 aliphatic heterocycles. The normalized spacial score (nSPS) is 10.6. The molecule has 3 nitrogen and oxygen atoms in total. The number of benzene rings is 3. The highest BCUT2D eigenvalue weighted by atomic mass is 32.1. The summed E-state index contributed by atoms with van der Waals surface area (Å²) in [5.74, 6) is -2.27. The molecule has 4 rings (SSSR count). The summed E-state index contributed by atoms with van der Waals surface area (Å²) in [7, 11) is 0. The van der Waals surface area contributed by atoms with Crippen molar-refractivity contribution in [2.75, 3.05) is 5.32 Å². The van der Waals surface area contributed by atoms with Crippen molar-refractivity contribution >= 4 is 22.9 Å². The molecular formula is C22H14F2N2OS. The van der Waals surface area contributed by atoms with Crippen molar-refractivity contribution in [3.05, 3.63) is 95.4 Å². The fourth-order valence-electron chi connectivity index (χ4n) is 2.75. The third kappa shape index (κ3) is 3.82. The lowest BCUT2D eigenvalue weighted by molar-refractivity contribution is 0.102. The molecule has 0 fully saturated rings. The van der Waals surface area contributed by atoms with Crippen molar-refractivity contribution in [1.29, 1.82) is 0 Å². The van der Waals surface area contributed by atoms with Gasteiger partial charge in [-0.3, -0.25) is 4.79 Å². The maximum Gasteiger partial charge on any atom is 0.258 e. The first-order chi connectivity index (χ1) is 13.6. The summed E-state index contributed by atoms with van der Waals surface area (Å²) in [6.07, 6.45) is 0. The largest absolute Gasteiger partial charge is 0.322 e. The van der Waals surface area contributed by atoms with Crippen molar-refractivity contribution < 1.29 is 13.6 Å². The van der Waals surface area contributed by atoms with Crippen LogP contribution in [0.15, 0.2) is 78.2 Å². The van der Waals surface area contributed by atoms with Crippen LogP contribution in [-0.4, -0.2) is 10.9 Å². The van der Waals surface area contributed by atoms with Gasteiger partial charge in [0.25, 0.3) is 5.91 Å². The summed E-state index contributed by atoms with van der Waals surface area (Å²) in [4.78, 5) is 17.0. The van der Waals surface area contributed by atoms with Crippen molar-refractivity contribution in [2.24, 2.45) is 0 Å². The molecule has 1 aromatic heterocycles.